The fourth-order valence-corrected chi connectivity index (χ4v) is 3.62. The van der Waals surface area contributed by atoms with Crippen LogP contribution in [0.2, 0.25) is 0 Å². The van der Waals surface area contributed by atoms with Gasteiger partial charge in [0, 0.05) is 24.0 Å². The van der Waals surface area contributed by atoms with Crippen molar-refractivity contribution in [3.63, 3.8) is 0 Å². The molecule has 0 radical (unpaired) electrons. The van der Waals surface area contributed by atoms with E-state index in [-0.39, 0.29) is 0 Å². The first-order valence-corrected chi connectivity index (χ1v) is 8.57. The van der Waals surface area contributed by atoms with Gasteiger partial charge in [-0.15, -0.1) is 0 Å². The van der Waals surface area contributed by atoms with Crippen LogP contribution < -0.4 is 4.90 Å². The molecule has 0 fully saturated rings. The van der Waals surface area contributed by atoms with Crippen molar-refractivity contribution in [1.29, 1.82) is 0 Å². The van der Waals surface area contributed by atoms with E-state index >= 15 is 0 Å². The highest BCUT2D eigenvalue weighted by atomic mass is 15.3. The van der Waals surface area contributed by atoms with E-state index in [9.17, 15) is 0 Å². The lowest BCUT2D eigenvalue weighted by atomic mass is 10.0. The minimum Gasteiger partial charge on any atom is -0.310 e. The molecule has 0 bridgehead atoms. The molecule has 3 heteroatoms. The van der Waals surface area contributed by atoms with Gasteiger partial charge in [-0.25, -0.2) is 9.97 Å². The van der Waals surface area contributed by atoms with Crippen LogP contribution in [0.4, 0.5) is 11.6 Å². The number of rotatable bonds is 2. The first kappa shape index (κ1) is 14.2. The zero-order chi connectivity index (χ0) is 16.6. The summed E-state index contributed by atoms with van der Waals surface area (Å²) in [5.41, 5.74) is 4.69. The average Bonchev–Trinajstić information content (AvgIpc) is 3.12. The van der Waals surface area contributed by atoms with Gasteiger partial charge < -0.3 is 4.90 Å². The molecule has 0 aliphatic carbocycles. The topological polar surface area (TPSA) is 29.0 Å². The number of para-hydroxylation sites is 1. The molecule has 0 spiro atoms. The van der Waals surface area contributed by atoms with E-state index in [2.05, 4.69) is 76.6 Å². The van der Waals surface area contributed by atoms with Gasteiger partial charge in [-0.2, -0.15) is 0 Å². The van der Waals surface area contributed by atoms with Crippen molar-refractivity contribution in [1.82, 2.24) is 9.97 Å². The van der Waals surface area contributed by atoms with Gasteiger partial charge in [0.25, 0.3) is 0 Å². The van der Waals surface area contributed by atoms with Gasteiger partial charge in [-0.05, 0) is 34.9 Å². The Morgan fingerprint density at radius 3 is 2.64 bits per heavy atom. The number of nitrogens with zero attached hydrogens (tertiary/aromatic N) is 3. The molecule has 120 valence electrons. The Labute approximate surface area is 146 Å². The van der Waals surface area contributed by atoms with E-state index in [4.69, 9.17) is 4.98 Å². The number of hydrogen-bond donors (Lipinski definition) is 0. The van der Waals surface area contributed by atoms with E-state index < -0.39 is 0 Å². The summed E-state index contributed by atoms with van der Waals surface area (Å²) in [6, 6.07) is 25.3. The first-order chi connectivity index (χ1) is 12.4. The van der Waals surface area contributed by atoms with Crippen LogP contribution in [-0.2, 0) is 6.42 Å². The summed E-state index contributed by atoms with van der Waals surface area (Å²) in [4.78, 5) is 11.6. The van der Waals surface area contributed by atoms with Crippen LogP contribution in [0.5, 0.6) is 0 Å². The third-order valence-electron chi connectivity index (χ3n) is 4.84. The molecule has 2 heterocycles. The second-order valence-electron chi connectivity index (χ2n) is 6.30. The molecule has 1 aromatic heterocycles. The van der Waals surface area contributed by atoms with Gasteiger partial charge in [0.15, 0.2) is 0 Å². The molecule has 0 N–H and O–H groups in total. The summed E-state index contributed by atoms with van der Waals surface area (Å²) in [5.74, 6) is 0.774. The van der Waals surface area contributed by atoms with Crippen LogP contribution in [0, 0.1) is 0 Å². The standard InChI is InChI=1S/C22H17N3/c1-3-9-18-16(6-1)8-5-10-19(18)20-12-14-23-22(24-20)25-15-13-17-7-2-4-11-21(17)25/h1-12,14H,13,15H2. The maximum absolute atomic E-state index is 4.89. The van der Waals surface area contributed by atoms with Crippen LogP contribution in [0.25, 0.3) is 22.0 Å². The Bertz CT molecular complexity index is 1070. The highest BCUT2D eigenvalue weighted by Crippen LogP contribution is 2.34. The zero-order valence-corrected chi connectivity index (χ0v) is 13.8. The summed E-state index contributed by atoms with van der Waals surface area (Å²) in [6.07, 6.45) is 2.90. The van der Waals surface area contributed by atoms with Gasteiger partial charge in [-0.1, -0.05) is 60.7 Å². The van der Waals surface area contributed by atoms with Gasteiger partial charge in [0.2, 0.25) is 5.95 Å². The summed E-state index contributed by atoms with van der Waals surface area (Å²) in [5, 5.41) is 2.45. The van der Waals surface area contributed by atoms with Crippen LogP contribution in [0.3, 0.4) is 0 Å². The SMILES string of the molecule is c1ccc2c(c1)CCN2c1nccc(-c2cccc3ccccc23)n1. The van der Waals surface area contributed by atoms with Crippen molar-refractivity contribution >= 4 is 22.4 Å². The minimum atomic E-state index is 0.774. The predicted octanol–water partition coefficient (Wildman–Crippen LogP) is 4.99. The highest BCUT2D eigenvalue weighted by Gasteiger charge is 2.22. The Hall–Kier alpha value is -3.20. The van der Waals surface area contributed by atoms with Crippen molar-refractivity contribution in [3.05, 3.63) is 84.6 Å². The molecule has 0 atom stereocenters. The van der Waals surface area contributed by atoms with E-state index in [1.807, 2.05) is 12.3 Å². The first-order valence-electron chi connectivity index (χ1n) is 8.57. The maximum Gasteiger partial charge on any atom is 0.230 e. The zero-order valence-electron chi connectivity index (χ0n) is 13.8. The maximum atomic E-state index is 4.89. The van der Waals surface area contributed by atoms with E-state index in [0.29, 0.717) is 0 Å². The Morgan fingerprint density at radius 2 is 1.64 bits per heavy atom. The summed E-state index contributed by atoms with van der Waals surface area (Å²) < 4.78 is 0. The summed E-state index contributed by atoms with van der Waals surface area (Å²) >= 11 is 0. The van der Waals surface area contributed by atoms with Gasteiger partial charge in [0.05, 0.1) is 5.69 Å². The van der Waals surface area contributed by atoms with Gasteiger partial charge in [-0.3, -0.25) is 0 Å². The van der Waals surface area contributed by atoms with Crippen molar-refractivity contribution < 1.29 is 0 Å². The van der Waals surface area contributed by atoms with Crippen molar-refractivity contribution in [3.8, 4) is 11.3 Å². The third-order valence-corrected chi connectivity index (χ3v) is 4.84. The summed E-state index contributed by atoms with van der Waals surface area (Å²) in [6.45, 7) is 0.929. The molecule has 0 unspecified atom stereocenters. The fourth-order valence-electron chi connectivity index (χ4n) is 3.62. The van der Waals surface area contributed by atoms with Crippen molar-refractivity contribution in [2.75, 3.05) is 11.4 Å². The third kappa shape index (κ3) is 2.36. The normalized spacial score (nSPS) is 13.2. The van der Waals surface area contributed by atoms with Crippen molar-refractivity contribution in [2.45, 2.75) is 6.42 Å². The van der Waals surface area contributed by atoms with Gasteiger partial charge in [0.1, 0.15) is 0 Å². The average molecular weight is 323 g/mol. The van der Waals surface area contributed by atoms with Crippen molar-refractivity contribution in [2.24, 2.45) is 0 Å². The molecular formula is C22H17N3. The van der Waals surface area contributed by atoms with Crippen LogP contribution in [-0.4, -0.2) is 16.5 Å². The molecule has 4 aromatic rings. The Morgan fingerprint density at radius 1 is 0.800 bits per heavy atom. The molecular weight excluding hydrogens is 306 g/mol. The summed E-state index contributed by atoms with van der Waals surface area (Å²) in [7, 11) is 0. The molecule has 1 aliphatic heterocycles. The fraction of sp³-hybridized carbons (Fsp3) is 0.0909. The highest BCUT2D eigenvalue weighted by molar-refractivity contribution is 5.95. The van der Waals surface area contributed by atoms with Crippen LogP contribution >= 0.6 is 0 Å². The van der Waals surface area contributed by atoms with Gasteiger partial charge >= 0.3 is 0 Å². The Balaban J connectivity index is 1.62. The predicted molar refractivity (Wildman–Crippen MR) is 102 cm³/mol. The lowest BCUT2D eigenvalue weighted by Crippen LogP contribution is -2.16. The molecule has 25 heavy (non-hydrogen) atoms. The molecule has 5 rings (SSSR count). The minimum absolute atomic E-state index is 0.774. The molecule has 3 nitrogen and oxygen atoms in total. The quantitative estimate of drug-likeness (QED) is 0.520. The van der Waals surface area contributed by atoms with E-state index in [1.54, 1.807) is 0 Å². The number of anilines is 2. The Kier molecular flexibility index (Phi) is 3.23. The van der Waals surface area contributed by atoms with Crippen LogP contribution in [0.15, 0.2) is 79.0 Å². The van der Waals surface area contributed by atoms with Crippen LogP contribution in [0.1, 0.15) is 5.56 Å². The molecule has 0 amide bonds. The monoisotopic (exact) mass is 323 g/mol. The number of hydrogen-bond acceptors (Lipinski definition) is 3. The molecule has 1 aliphatic rings. The smallest absolute Gasteiger partial charge is 0.230 e. The lowest BCUT2D eigenvalue weighted by Gasteiger charge is -2.17. The largest absolute Gasteiger partial charge is 0.310 e. The molecule has 0 saturated carbocycles. The second-order valence-corrected chi connectivity index (χ2v) is 6.30. The second kappa shape index (κ2) is 5.71. The van der Waals surface area contributed by atoms with E-state index in [0.717, 1.165) is 30.2 Å². The van der Waals surface area contributed by atoms with E-state index in [1.165, 1.54) is 22.0 Å². The number of fused-ring (bicyclic) bond motifs is 2. The molecule has 3 aromatic carbocycles. The lowest BCUT2D eigenvalue weighted by molar-refractivity contribution is 0.941. The molecule has 0 saturated heterocycles. The number of benzene rings is 3. The number of aromatic nitrogens is 2.